The second kappa shape index (κ2) is 9.97. The molecule has 1 aliphatic heterocycles. The molecule has 0 saturated carbocycles. The summed E-state index contributed by atoms with van der Waals surface area (Å²) in [6.45, 7) is 4.28. The summed E-state index contributed by atoms with van der Waals surface area (Å²) >= 11 is 6.08. The molecule has 0 radical (unpaired) electrons. The van der Waals surface area contributed by atoms with Gasteiger partial charge in [0, 0.05) is 76.8 Å². The van der Waals surface area contributed by atoms with Crippen LogP contribution < -0.4 is 0 Å². The highest BCUT2D eigenvalue weighted by Crippen LogP contribution is 2.37. The van der Waals surface area contributed by atoms with Crippen LogP contribution in [-0.4, -0.2) is 60.8 Å². The lowest BCUT2D eigenvalue weighted by Crippen LogP contribution is -2.37. The number of fused-ring (bicyclic) bond motifs is 1. The molecule has 2 aromatic carbocycles. The SMILES string of the molecule is COC(=O)c1cccc2[nH]c(CCN3CCOCC3)c(-c3cncc(-c4ccc(Cl)cc4)c3)c12. The average molecular weight is 476 g/mol. The summed E-state index contributed by atoms with van der Waals surface area (Å²) < 4.78 is 10.6. The number of carbonyl (C=O) groups is 1. The number of hydrogen-bond acceptors (Lipinski definition) is 5. The largest absolute Gasteiger partial charge is 0.465 e. The summed E-state index contributed by atoms with van der Waals surface area (Å²) in [7, 11) is 1.41. The van der Waals surface area contributed by atoms with Crippen molar-refractivity contribution in [3.8, 4) is 22.3 Å². The van der Waals surface area contributed by atoms with Crippen molar-refractivity contribution in [2.45, 2.75) is 6.42 Å². The van der Waals surface area contributed by atoms with Gasteiger partial charge in [-0.15, -0.1) is 0 Å². The Labute approximate surface area is 203 Å². The lowest BCUT2D eigenvalue weighted by Gasteiger charge is -2.26. The maximum absolute atomic E-state index is 12.7. The van der Waals surface area contributed by atoms with E-state index in [4.69, 9.17) is 21.1 Å². The minimum absolute atomic E-state index is 0.354. The van der Waals surface area contributed by atoms with Crippen molar-refractivity contribution in [1.29, 1.82) is 0 Å². The molecule has 7 heteroatoms. The number of H-pyrrole nitrogens is 1. The Balaban J connectivity index is 1.62. The lowest BCUT2D eigenvalue weighted by molar-refractivity contribution is 0.0383. The summed E-state index contributed by atoms with van der Waals surface area (Å²) in [4.78, 5) is 23.2. The Morgan fingerprint density at radius 2 is 1.85 bits per heavy atom. The van der Waals surface area contributed by atoms with Gasteiger partial charge >= 0.3 is 5.97 Å². The summed E-state index contributed by atoms with van der Waals surface area (Å²) in [5.41, 5.74) is 6.49. The first-order valence-electron chi connectivity index (χ1n) is 11.4. The van der Waals surface area contributed by atoms with Gasteiger partial charge in [0.1, 0.15) is 0 Å². The summed E-state index contributed by atoms with van der Waals surface area (Å²) in [5, 5.41) is 1.55. The van der Waals surface area contributed by atoms with E-state index in [9.17, 15) is 4.79 Å². The summed E-state index contributed by atoms with van der Waals surface area (Å²) in [6, 6.07) is 15.5. The van der Waals surface area contributed by atoms with E-state index in [-0.39, 0.29) is 5.97 Å². The third-order valence-corrected chi connectivity index (χ3v) is 6.55. The van der Waals surface area contributed by atoms with Gasteiger partial charge in [0.15, 0.2) is 0 Å². The number of hydrogen-bond donors (Lipinski definition) is 1. The average Bonchev–Trinajstić information content (AvgIpc) is 3.27. The van der Waals surface area contributed by atoms with Crippen molar-refractivity contribution >= 4 is 28.5 Å². The molecule has 0 bridgehead atoms. The van der Waals surface area contributed by atoms with Crippen molar-refractivity contribution in [3.05, 3.63) is 77.2 Å². The number of methoxy groups -OCH3 is 1. The van der Waals surface area contributed by atoms with Crippen molar-refractivity contribution in [1.82, 2.24) is 14.9 Å². The Hall–Kier alpha value is -3.19. The third kappa shape index (κ3) is 4.57. The highest BCUT2D eigenvalue weighted by atomic mass is 35.5. The number of benzene rings is 2. The molecule has 1 saturated heterocycles. The third-order valence-electron chi connectivity index (χ3n) is 6.29. The number of rotatable bonds is 6. The molecule has 0 aliphatic carbocycles. The van der Waals surface area contributed by atoms with Crippen LogP contribution in [-0.2, 0) is 15.9 Å². The van der Waals surface area contributed by atoms with Crippen LogP contribution in [0.4, 0.5) is 0 Å². The van der Waals surface area contributed by atoms with Gasteiger partial charge in [0.25, 0.3) is 0 Å². The van der Waals surface area contributed by atoms with E-state index in [0.29, 0.717) is 10.6 Å². The standard InChI is InChI=1S/C27H26ClN3O3/c1-33-27(32)22-3-2-4-23-26(22)25(24(30-23)9-10-31-11-13-34-14-12-31)20-15-19(16-29-17-20)18-5-7-21(28)8-6-18/h2-8,15-17,30H,9-14H2,1H3. The van der Waals surface area contributed by atoms with Crippen molar-refractivity contribution in [3.63, 3.8) is 0 Å². The van der Waals surface area contributed by atoms with Crippen LogP contribution in [0.25, 0.3) is 33.2 Å². The number of morpholine rings is 1. The molecule has 5 rings (SSSR count). The van der Waals surface area contributed by atoms with Gasteiger partial charge in [0.2, 0.25) is 0 Å². The maximum Gasteiger partial charge on any atom is 0.338 e. The molecule has 0 unspecified atom stereocenters. The number of aromatic nitrogens is 2. The van der Waals surface area contributed by atoms with E-state index in [0.717, 1.165) is 78.1 Å². The predicted octanol–water partition coefficient (Wildman–Crippen LogP) is 5.21. The fourth-order valence-electron chi connectivity index (χ4n) is 4.56. The molecule has 0 amide bonds. The van der Waals surface area contributed by atoms with E-state index in [1.807, 2.05) is 54.9 Å². The molecule has 0 atom stereocenters. The number of nitrogens with zero attached hydrogens (tertiary/aromatic N) is 2. The van der Waals surface area contributed by atoms with Crippen LogP contribution in [0, 0.1) is 0 Å². The monoisotopic (exact) mass is 475 g/mol. The van der Waals surface area contributed by atoms with Crippen LogP contribution >= 0.6 is 11.6 Å². The van der Waals surface area contributed by atoms with Gasteiger partial charge in [-0.3, -0.25) is 9.88 Å². The molecule has 1 aliphatic rings. The Kier molecular flexibility index (Phi) is 6.63. The van der Waals surface area contributed by atoms with E-state index in [1.54, 1.807) is 0 Å². The molecule has 0 spiro atoms. The predicted molar refractivity (Wildman–Crippen MR) is 134 cm³/mol. The number of halogens is 1. The molecular formula is C27H26ClN3O3. The van der Waals surface area contributed by atoms with Crippen molar-refractivity contribution < 1.29 is 14.3 Å². The Bertz CT molecular complexity index is 1310. The van der Waals surface area contributed by atoms with Crippen LogP contribution in [0.2, 0.25) is 5.02 Å². The first kappa shape index (κ1) is 22.6. The normalized spacial score (nSPS) is 14.4. The van der Waals surface area contributed by atoms with Gasteiger partial charge in [0.05, 0.1) is 25.9 Å². The zero-order valence-corrected chi connectivity index (χ0v) is 19.8. The summed E-state index contributed by atoms with van der Waals surface area (Å²) in [5.74, 6) is -0.354. The smallest absolute Gasteiger partial charge is 0.338 e. The second-order valence-electron chi connectivity index (χ2n) is 8.37. The van der Waals surface area contributed by atoms with Crippen LogP contribution in [0.5, 0.6) is 0 Å². The first-order valence-corrected chi connectivity index (χ1v) is 11.7. The number of ether oxygens (including phenoxy) is 2. The molecule has 34 heavy (non-hydrogen) atoms. The zero-order chi connectivity index (χ0) is 23.5. The number of nitrogens with one attached hydrogen (secondary N) is 1. The van der Waals surface area contributed by atoms with Gasteiger partial charge in [-0.25, -0.2) is 4.79 Å². The van der Waals surface area contributed by atoms with Gasteiger partial charge in [-0.05, 0) is 35.9 Å². The first-order chi connectivity index (χ1) is 16.6. The molecule has 6 nitrogen and oxygen atoms in total. The van der Waals surface area contributed by atoms with Gasteiger partial charge in [-0.2, -0.15) is 0 Å². The minimum Gasteiger partial charge on any atom is -0.465 e. The lowest BCUT2D eigenvalue weighted by atomic mass is 9.96. The Morgan fingerprint density at radius 1 is 1.09 bits per heavy atom. The quantitative estimate of drug-likeness (QED) is 0.388. The Morgan fingerprint density at radius 3 is 2.62 bits per heavy atom. The summed E-state index contributed by atoms with van der Waals surface area (Å²) in [6.07, 6.45) is 4.51. The van der Waals surface area contributed by atoms with Crippen LogP contribution in [0.1, 0.15) is 16.1 Å². The molecule has 2 aromatic heterocycles. The highest BCUT2D eigenvalue weighted by Gasteiger charge is 2.21. The molecule has 3 heterocycles. The molecular weight excluding hydrogens is 450 g/mol. The molecule has 1 N–H and O–H groups in total. The van der Waals surface area contributed by atoms with E-state index >= 15 is 0 Å². The molecule has 4 aromatic rings. The van der Waals surface area contributed by atoms with Crippen LogP contribution in [0.3, 0.4) is 0 Å². The number of esters is 1. The van der Waals surface area contributed by atoms with E-state index in [2.05, 4.69) is 20.9 Å². The van der Waals surface area contributed by atoms with E-state index < -0.39 is 0 Å². The second-order valence-corrected chi connectivity index (χ2v) is 8.81. The van der Waals surface area contributed by atoms with Crippen LogP contribution in [0.15, 0.2) is 60.9 Å². The maximum atomic E-state index is 12.7. The fourth-order valence-corrected chi connectivity index (χ4v) is 4.69. The number of aromatic amines is 1. The van der Waals surface area contributed by atoms with Gasteiger partial charge in [-0.1, -0.05) is 29.8 Å². The highest BCUT2D eigenvalue weighted by molar-refractivity contribution is 6.30. The zero-order valence-electron chi connectivity index (χ0n) is 19.0. The fraction of sp³-hybridized carbons (Fsp3) is 0.259. The number of carbonyl (C=O) groups excluding carboxylic acids is 1. The topological polar surface area (TPSA) is 67.5 Å². The van der Waals surface area contributed by atoms with Gasteiger partial charge < -0.3 is 14.5 Å². The van der Waals surface area contributed by atoms with Crippen molar-refractivity contribution in [2.24, 2.45) is 0 Å². The van der Waals surface area contributed by atoms with Crippen molar-refractivity contribution in [2.75, 3.05) is 40.0 Å². The number of pyridine rings is 1. The molecule has 174 valence electrons. The van der Waals surface area contributed by atoms with E-state index in [1.165, 1.54) is 7.11 Å². The minimum atomic E-state index is -0.354. The molecule has 1 fully saturated rings.